The Labute approximate surface area is 217 Å². The van der Waals surface area contributed by atoms with Crippen LogP contribution in [0.15, 0.2) is 83.9 Å². The van der Waals surface area contributed by atoms with Crippen LogP contribution < -0.4 is 9.47 Å². The summed E-state index contributed by atoms with van der Waals surface area (Å²) in [5.41, 5.74) is 4.60. The highest BCUT2D eigenvalue weighted by Gasteiger charge is 2.29. The summed E-state index contributed by atoms with van der Waals surface area (Å²) in [7, 11) is 0. The van der Waals surface area contributed by atoms with E-state index in [2.05, 4.69) is 0 Å². The lowest BCUT2D eigenvalue weighted by molar-refractivity contribution is -0.131. The summed E-state index contributed by atoms with van der Waals surface area (Å²) in [6, 6.07) is 22.0. The van der Waals surface area contributed by atoms with Crippen molar-refractivity contribution in [3.05, 3.63) is 116 Å². The van der Waals surface area contributed by atoms with E-state index in [1.54, 1.807) is 24.3 Å². The Hall–Kier alpha value is -3.86. The fraction of sp³-hybridized carbons (Fsp3) is 0.0667. The molecule has 0 unspecified atom stereocenters. The predicted molar refractivity (Wildman–Crippen MR) is 141 cm³/mol. The standard InChI is InChI=1S/C30H18Cl2O4/c31-22-7-1-17(2-8-22)13-20-15-24-26(35-29(20)33)11-5-19-6-12-27-25(28(19)24)16-21(30(34)36-27)14-18-3-9-23(32)10-4-18/h1-14H,15-16H2/b20-13+,21-14?. The normalized spacial score (nSPS) is 17.1. The maximum Gasteiger partial charge on any atom is 0.339 e. The van der Waals surface area contributed by atoms with E-state index in [0.717, 1.165) is 33.0 Å². The van der Waals surface area contributed by atoms with Crippen molar-refractivity contribution < 1.29 is 19.1 Å². The first-order valence-electron chi connectivity index (χ1n) is 11.4. The molecule has 0 fully saturated rings. The van der Waals surface area contributed by atoms with Crippen LogP contribution in [0, 0.1) is 0 Å². The maximum absolute atomic E-state index is 12.8. The molecule has 36 heavy (non-hydrogen) atoms. The Morgan fingerprint density at radius 1 is 0.583 bits per heavy atom. The van der Waals surface area contributed by atoms with Crippen LogP contribution in [0.5, 0.6) is 11.5 Å². The highest BCUT2D eigenvalue weighted by Crippen LogP contribution is 2.42. The number of carbonyl (C=O) groups is 2. The van der Waals surface area contributed by atoms with E-state index in [4.69, 9.17) is 32.7 Å². The molecule has 176 valence electrons. The third kappa shape index (κ3) is 4.19. The van der Waals surface area contributed by atoms with Gasteiger partial charge in [0, 0.05) is 45.2 Å². The number of hydrogen-bond donors (Lipinski definition) is 0. The zero-order valence-corrected chi connectivity index (χ0v) is 20.4. The van der Waals surface area contributed by atoms with Crippen LogP contribution in [0.4, 0.5) is 0 Å². The van der Waals surface area contributed by atoms with E-state index in [9.17, 15) is 9.59 Å². The number of rotatable bonds is 2. The highest BCUT2D eigenvalue weighted by molar-refractivity contribution is 6.30. The number of esters is 2. The number of fused-ring (bicyclic) bond motifs is 5. The molecule has 0 aliphatic carbocycles. The Balaban J connectivity index is 1.46. The third-order valence-corrected chi connectivity index (χ3v) is 6.91. The van der Waals surface area contributed by atoms with E-state index in [-0.39, 0.29) is 11.9 Å². The first-order valence-corrected chi connectivity index (χ1v) is 12.1. The lowest BCUT2D eigenvalue weighted by Gasteiger charge is -2.25. The summed E-state index contributed by atoms with van der Waals surface area (Å²) in [5, 5.41) is 3.18. The van der Waals surface area contributed by atoms with Gasteiger partial charge in [-0.25, -0.2) is 9.59 Å². The van der Waals surface area contributed by atoms with Gasteiger partial charge in [-0.1, -0.05) is 59.6 Å². The van der Waals surface area contributed by atoms with Crippen molar-refractivity contribution in [2.45, 2.75) is 12.8 Å². The second-order valence-corrected chi connectivity index (χ2v) is 9.63. The Morgan fingerprint density at radius 3 is 1.42 bits per heavy atom. The fourth-order valence-electron chi connectivity index (χ4n) is 4.67. The number of ether oxygens (including phenoxy) is 2. The average Bonchev–Trinajstić information content (AvgIpc) is 2.87. The smallest absolute Gasteiger partial charge is 0.339 e. The lowest BCUT2D eigenvalue weighted by Crippen LogP contribution is -2.22. The van der Waals surface area contributed by atoms with E-state index in [1.165, 1.54) is 0 Å². The summed E-state index contributed by atoms with van der Waals surface area (Å²) >= 11 is 12.0. The van der Waals surface area contributed by atoms with Crippen molar-refractivity contribution in [3.8, 4) is 11.5 Å². The van der Waals surface area contributed by atoms with Gasteiger partial charge in [0.15, 0.2) is 0 Å². The van der Waals surface area contributed by atoms with E-state index >= 15 is 0 Å². The van der Waals surface area contributed by atoms with Gasteiger partial charge < -0.3 is 9.47 Å². The van der Waals surface area contributed by atoms with Crippen LogP contribution in [0.1, 0.15) is 22.3 Å². The molecular formula is C30H18Cl2O4. The minimum atomic E-state index is -0.378. The molecule has 2 aliphatic heterocycles. The van der Waals surface area contributed by atoms with Crippen LogP contribution in [-0.2, 0) is 22.4 Å². The zero-order valence-electron chi connectivity index (χ0n) is 18.9. The Kier molecular flexibility index (Phi) is 5.63. The van der Waals surface area contributed by atoms with Crippen molar-refractivity contribution in [2.24, 2.45) is 0 Å². The molecule has 4 aromatic carbocycles. The van der Waals surface area contributed by atoms with Gasteiger partial charge in [-0.3, -0.25) is 0 Å². The van der Waals surface area contributed by atoms with Gasteiger partial charge in [0.05, 0.1) is 0 Å². The molecule has 0 radical (unpaired) electrons. The lowest BCUT2D eigenvalue weighted by atomic mass is 9.88. The quantitative estimate of drug-likeness (QED) is 0.161. The summed E-state index contributed by atoms with van der Waals surface area (Å²) in [5.74, 6) is 0.288. The average molecular weight is 513 g/mol. The summed E-state index contributed by atoms with van der Waals surface area (Å²) < 4.78 is 11.5. The number of halogens is 2. The maximum atomic E-state index is 12.8. The van der Waals surface area contributed by atoms with Crippen molar-refractivity contribution in [1.82, 2.24) is 0 Å². The monoisotopic (exact) mass is 512 g/mol. The number of hydrogen-bond acceptors (Lipinski definition) is 4. The fourth-order valence-corrected chi connectivity index (χ4v) is 4.92. The molecule has 6 rings (SSSR count). The van der Waals surface area contributed by atoms with E-state index in [0.29, 0.717) is 45.5 Å². The van der Waals surface area contributed by atoms with Gasteiger partial charge in [0.25, 0.3) is 0 Å². The van der Waals surface area contributed by atoms with Crippen LogP contribution in [0.2, 0.25) is 10.0 Å². The van der Waals surface area contributed by atoms with Gasteiger partial charge >= 0.3 is 11.9 Å². The molecule has 0 bridgehead atoms. The van der Waals surface area contributed by atoms with Crippen LogP contribution in [0.25, 0.3) is 22.9 Å². The molecule has 0 saturated carbocycles. The summed E-state index contributed by atoms with van der Waals surface area (Å²) in [4.78, 5) is 25.5. The summed E-state index contributed by atoms with van der Waals surface area (Å²) in [6.07, 6.45) is 4.44. The van der Waals surface area contributed by atoms with Crippen LogP contribution >= 0.6 is 23.2 Å². The second kappa shape index (κ2) is 8.98. The molecule has 4 aromatic rings. The van der Waals surface area contributed by atoms with Gasteiger partial charge in [-0.15, -0.1) is 0 Å². The topological polar surface area (TPSA) is 52.6 Å². The molecule has 2 aliphatic rings. The molecule has 2 heterocycles. The first kappa shape index (κ1) is 22.6. The van der Waals surface area contributed by atoms with Crippen molar-refractivity contribution in [3.63, 3.8) is 0 Å². The molecule has 0 amide bonds. The SMILES string of the molecule is O=C1Oc2ccc3ccc4c(c3c2CC1=Cc1ccc(Cl)cc1)C/C(=C\c1ccc(Cl)cc1)C(=O)O4. The number of carbonyl (C=O) groups excluding carboxylic acids is 2. The van der Waals surface area contributed by atoms with Gasteiger partial charge in [0.2, 0.25) is 0 Å². The number of benzene rings is 4. The highest BCUT2D eigenvalue weighted by atomic mass is 35.5. The Morgan fingerprint density at radius 2 is 1.00 bits per heavy atom. The zero-order chi connectivity index (χ0) is 24.8. The second-order valence-electron chi connectivity index (χ2n) is 8.76. The van der Waals surface area contributed by atoms with Crippen molar-refractivity contribution in [1.29, 1.82) is 0 Å². The van der Waals surface area contributed by atoms with Gasteiger partial charge in [-0.05, 0) is 70.4 Å². The minimum absolute atomic E-state index is 0.378. The van der Waals surface area contributed by atoms with Gasteiger partial charge in [0.1, 0.15) is 11.5 Å². The van der Waals surface area contributed by atoms with Crippen LogP contribution in [-0.4, -0.2) is 11.9 Å². The van der Waals surface area contributed by atoms with Crippen molar-refractivity contribution >= 4 is 58.1 Å². The van der Waals surface area contributed by atoms with E-state index in [1.807, 2.05) is 60.7 Å². The molecule has 0 spiro atoms. The largest absolute Gasteiger partial charge is 0.423 e. The Bertz CT molecular complexity index is 1500. The molecule has 0 atom stereocenters. The molecular weight excluding hydrogens is 495 g/mol. The molecule has 4 nitrogen and oxygen atoms in total. The molecule has 0 saturated heterocycles. The van der Waals surface area contributed by atoms with Crippen LogP contribution in [0.3, 0.4) is 0 Å². The molecule has 6 heteroatoms. The van der Waals surface area contributed by atoms with Crippen molar-refractivity contribution in [2.75, 3.05) is 0 Å². The first-order chi connectivity index (χ1) is 17.4. The molecule has 0 aromatic heterocycles. The van der Waals surface area contributed by atoms with E-state index < -0.39 is 0 Å². The predicted octanol–water partition coefficient (Wildman–Crippen LogP) is 7.24. The summed E-state index contributed by atoms with van der Waals surface area (Å²) in [6.45, 7) is 0. The minimum Gasteiger partial charge on any atom is -0.423 e. The van der Waals surface area contributed by atoms with Gasteiger partial charge in [-0.2, -0.15) is 0 Å². The molecule has 0 N–H and O–H groups in total. The third-order valence-electron chi connectivity index (χ3n) is 6.40.